The first kappa shape index (κ1) is 14.7. The topological polar surface area (TPSA) is 44.5 Å². The summed E-state index contributed by atoms with van der Waals surface area (Å²) in [7, 11) is 0. The van der Waals surface area contributed by atoms with E-state index in [0.717, 1.165) is 22.8 Å². The van der Waals surface area contributed by atoms with E-state index in [9.17, 15) is 0 Å². The van der Waals surface area contributed by atoms with Crippen LogP contribution in [0.5, 0.6) is 5.75 Å². The van der Waals surface area contributed by atoms with Gasteiger partial charge in [-0.1, -0.05) is 35.9 Å². The SMILES string of the molecule is Nc1ccccc1OCCCOCc1cccc(Cl)c1. The highest BCUT2D eigenvalue weighted by atomic mass is 35.5. The molecular weight excluding hydrogens is 274 g/mol. The third-order valence-electron chi connectivity index (χ3n) is 2.77. The van der Waals surface area contributed by atoms with Crippen molar-refractivity contribution in [3.8, 4) is 5.75 Å². The molecule has 0 bridgehead atoms. The van der Waals surface area contributed by atoms with Crippen LogP contribution < -0.4 is 10.5 Å². The Balaban J connectivity index is 1.61. The molecule has 0 atom stereocenters. The van der Waals surface area contributed by atoms with Crippen LogP contribution in [-0.4, -0.2) is 13.2 Å². The molecule has 2 aromatic rings. The lowest BCUT2D eigenvalue weighted by Gasteiger charge is -2.09. The van der Waals surface area contributed by atoms with Gasteiger partial charge in [-0.2, -0.15) is 0 Å². The van der Waals surface area contributed by atoms with E-state index in [1.807, 2.05) is 48.5 Å². The second kappa shape index (κ2) is 7.78. The molecule has 0 unspecified atom stereocenters. The highest BCUT2D eigenvalue weighted by molar-refractivity contribution is 6.30. The van der Waals surface area contributed by atoms with Crippen LogP contribution >= 0.6 is 11.6 Å². The molecule has 0 radical (unpaired) electrons. The Bertz CT molecular complexity index is 546. The van der Waals surface area contributed by atoms with E-state index < -0.39 is 0 Å². The largest absolute Gasteiger partial charge is 0.491 e. The number of anilines is 1. The van der Waals surface area contributed by atoms with Crippen LogP contribution in [0, 0.1) is 0 Å². The minimum absolute atomic E-state index is 0.564. The van der Waals surface area contributed by atoms with Crippen LogP contribution in [0.4, 0.5) is 5.69 Å². The van der Waals surface area contributed by atoms with Crippen LogP contribution in [0.25, 0.3) is 0 Å². The highest BCUT2D eigenvalue weighted by Gasteiger charge is 1.98. The van der Waals surface area contributed by atoms with E-state index in [1.165, 1.54) is 0 Å². The fourth-order valence-corrected chi connectivity index (χ4v) is 1.98. The molecule has 106 valence electrons. The number of ether oxygens (including phenoxy) is 2. The van der Waals surface area contributed by atoms with Gasteiger partial charge in [0.25, 0.3) is 0 Å². The lowest BCUT2D eigenvalue weighted by molar-refractivity contribution is 0.107. The number of para-hydroxylation sites is 2. The summed E-state index contributed by atoms with van der Waals surface area (Å²) < 4.78 is 11.2. The van der Waals surface area contributed by atoms with Crippen LogP contribution in [-0.2, 0) is 11.3 Å². The molecule has 0 aliphatic carbocycles. The number of nitrogen functional groups attached to an aromatic ring is 1. The first-order valence-corrected chi connectivity index (χ1v) is 6.93. The van der Waals surface area contributed by atoms with Crippen LogP contribution in [0.1, 0.15) is 12.0 Å². The summed E-state index contributed by atoms with van der Waals surface area (Å²) in [5.41, 5.74) is 7.52. The Hall–Kier alpha value is -1.71. The molecule has 0 saturated heterocycles. The maximum absolute atomic E-state index is 5.90. The summed E-state index contributed by atoms with van der Waals surface area (Å²) in [6.45, 7) is 1.79. The Morgan fingerprint density at radius 3 is 2.65 bits per heavy atom. The van der Waals surface area contributed by atoms with Gasteiger partial charge in [0.2, 0.25) is 0 Å². The predicted molar refractivity (Wildman–Crippen MR) is 82.1 cm³/mol. The third kappa shape index (κ3) is 4.76. The fraction of sp³-hybridized carbons (Fsp3) is 0.250. The second-order valence-corrected chi connectivity index (χ2v) is 4.86. The van der Waals surface area contributed by atoms with Crippen molar-refractivity contribution in [3.05, 3.63) is 59.1 Å². The average molecular weight is 292 g/mol. The van der Waals surface area contributed by atoms with Crippen LogP contribution in [0.2, 0.25) is 5.02 Å². The van der Waals surface area contributed by atoms with E-state index in [4.69, 9.17) is 26.8 Å². The first-order valence-electron chi connectivity index (χ1n) is 6.55. The molecule has 2 N–H and O–H groups in total. The molecule has 0 amide bonds. The summed E-state index contributed by atoms with van der Waals surface area (Å²) in [4.78, 5) is 0. The monoisotopic (exact) mass is 291 g/mol. The Morgan fingerprint density at radius 2 is 1.85 bits per heavy atom. The van der Waals surface area contributed by atoms with Crippen molar-refractivity contribution >= 4 is 17.3 Å². The van der Waals surface area contributed by atoms with Crippen LogP contribution in [0.3, 0.4) is 0 Å². The minimum Gasteiger partial charge on any atom is -0.491 e. The molecule has 0 aliphatic rings. The van der Waals surface area contributed by atoms with E-state index in [2.05, 4.69) is 0 Å². The quantitative estimate of drug-likeness (QED) is 0.621. The molecule has 0 fully saturated rings. The number of hydrogen-bond acceptors (Lipinski definition) is 3. The third-order valence-corrected chi connectivity index (χ3v) is 3.00. The van der Waals surface area contributed by atoms with E-state index >= 15 is 0 Å². The summed E-state index contributed by atoms with van der Waals surface area (Å²) in [6.07, 6.45) is 0.814. The van der Waals surface area contributed by atoms with E-state index in [1.54, 1.807) is 0 Å². The lowest BCUT2D eigenvalue weighted by atomic mass is 10.2. The van der Waals surface area contributed by atoms with E-state index in [0.29, 0.717) is 25.5 Å². The Labute approximate surface area is 124 Å². The lowest BCUT2D eigenvalue weighted by Crippen LogP contribution is -2.04. The van der Waals surface area contributed by atoms with Crippen molar-refractivity contribution in [2.75, 3.05) is 18.9 Å². The normalized spacial score (nSPS) is 10.4. The molecule has 0 spiro atoms. The van der Waals surface area contributed by atoms with Gasteiger partial charge in [-0.05, 0) is 29.8 Å². The Morgan fingerprint density at radius 1 is 1.00 bits per heavy atom. The summed E-state index contributed by atoms with van der Waals surface area (Å²) in [5.74, 6) is 0.724. The van der Waals surface area contributed by atoms with Gasteiger partial charge in [-0.15, -0.1) is 0 Å². The standard InChI is InChI=1S/C16H18ClNO2/c17-14-6-3-5-13(11-14)12-19-9-4-10-20-16-8-2-1-7-15(16)18/h1-3,5-8,11H,4,9-10,12,18H2. The van der Waals surface area contributed by atoms with Gasteiger partial charge >= 0.3 is 0 Å². The maximum atomic E-state index is 5.90. The molecule has 0 aromatic heterocycles. The van der Waals surface area contributed by atoms with Gasteiger partial charge in [-0.25, -0.2) is 0 Å². The zero-order valence-electron chi connectivity index (χ0n) is 11.2. The number of halogens is 1. The smallest absolute Gasteiger partial charge is 0.142 e. The Kier molecular flexibility index (Phi) is 5.71. The molecule has 0 aliphatic heterocycles. The predicted octanol–water partition coefficient (Wildman–Crippen LogP) is 3.91. The summed E-state index contributed by atoms with van der Waals surface area (Å²) >= 11 is 5.90. The molecule has 20 heavy (non-hydrogen) atoms. The van der Waals surface area contributed by atoms with Crippen molar-refractivity contribution in [1.29, 1.82) is 0 Å². The van der Waals surface area contributed by atoms with Crippen molar-refractivity contribution in [3.63, 3.8) is 0 Å². The molecule has 2 aromatic carbocycles. The molecule has 0 heterocycles. The second-order valence-electron chi connectivity index (χ2n) is 4.42. The van der Waals surface area contributed by atoms with Gasteiger partial charge in [0, 0.05) is 11.4 Å². The van der Waals surface area contributed by atoms with Gasteiger partial charge in [-0.3, -0.25) is 0 Å². The maximum Gasteiger partial charge on any atom is 0.142 e. The van der Waals surface area contributed by atoms with Gasteiger partial charge in [0.15, 0.2) is 0 Å². The summed E-state index contributed by atoms with van der Waals surface area (Å²) in [6, 6.07) is 15.1. The van der Waals surface area contributed by atoms with Gasteiger partial charge < -0.3 is 15.2 Å². The number of benzene rings is 2. The number of rotatable bonds is 7. The van der Waals surface area contributed by atoms with Gasteiger partial charge in [0.1, 0.15) is 5.75 Å². The fourth-order valence-electron chi connectivity index (χ4n) is 1.77. The van der Waals surface area contributed by atoms with Gasteiger partial charge in [0.05, 0.1) is 25.5 Å². The van der Waals surface area contributed by atoms with Crippen molar-refractivity contribution < 1.29 is 9.47 Å². The minimum atomic E-state index is 0.564. The number of hydrogen-bond donors (Lipinski definition) is 1. The summed E-state index contributed by atoms with van der Waals surface area (Å²) in [5, 5.41) is 0.731. The molecule has 2 rings (SSSR count). The zero-order chi connectivity index (χ0) is 14.2. The molecule has 4 heteroatoms. The molecular formula is C16H18ClNO2. The first-order chi connectivity index (χ1) is 9.75. The van der Waals surface area contributed by atoms with E-state index in [-0.39, 0.29) is 0 Å². The van der Waals surface area contributed by atoms with Crippen molar-refractivity contribution in [1.82, 2.24) is 0 Å². The van der Waals surface area contributed by atoms with Crippen molar-refractivity contribution in [2.45, 2.75) is 13.0 Å². The molecule has 3 nitrogen and oxygen atoms in total. The average Bonchev–Trinajstić information content (AvgIpc) is 2.44. The van der Waals surface area contributed by atoms with Crippen molar-refractivity contribution in [2.24, 2.45) is 0 Å². The number of nitrogens with two attached hydrogens (primary N) is 1. The molecule has 0 saturated carbocycles. The van der Waals surface area contributed by atoms with Crippen LogP contribution in [0.15, 0.2) is 48.5 Å². The zero-order valence-corrected chi connectivity index (χ0v) is 12.0. The highest BCUT2D eigenvalue weighted by Crippen LogP contribution is 2.19.